The molecule has 0 aliphatic carbocycles. The lowest BCUT2D eigenvalue weighted by atomic mass is 10.1. The van der Waals surface area contributed by atoms with Crippen LogP contribution >= 0.6 is 23.2 Å². The van der Waals surface area contributed by atoms with Gasteiger partial charge in [-0.2, -0.15) is 0 Å². The fraction of sp³-hybridized carbons (Fsp3) is 0.533. The zero-order valence-electron chi connectivity index (χ0n) is 12.2. The van der Waals surface area contributed by atoms with Gasteiger partial charge in [0.15, 0.2) is 6.10 Å². The maximum absolute atomic E-state index is 12.5. The predicted molar refractivity (Wildman–Crippen MR) is 84.2 cm³/mol. The topological polar surface area (TPSA) is 53.0 Å². The Labute approximate surface area is 139 Å². The van der Waals surface area contributed by atoms with Crippen molar-refractivity contribution in [1.29, 1.82) is 0 Å². The summed E-state index contributed by atoms with van der Waals surface area (Å²) in [6.45, 7) is 2.59. The van der Waals surface area contributed by atoms with Crippen LogP contribution in [0.15, 0.2) is 18.2 Å². The number of carbonyl (C=O) groups excluding carboxylic acids is 1. The molecule has 22 heavy (non-hydrogen) atoms. The number of aliphatic hydroxyl groups excluding tert-OH is 1. The molecule has 3 atom stereocenters. The molecule has 7 heteroatoms. The van der Waals surface area contributed by atoms with E-state index in [9.17, 15) is 9.90 Å². The maximum atomic E-state index is 12.5. The van der Waals surface area contributed by atoms with Gasteiger partial charge in [-0.1, -0.05) is 23.2 Å². The van der Waals surface area contributed by atoms with E-state index >= 15 is 0 Å². The number of benzene rings is 1. The summed E-state index contributed by atoms with van der Waals surface area (Å²) in [6.07, 6.45) is -1.25. The first kappa shape index (κ1) is 16.0. The molecule has 1 aromatic rings. The summed E-state index contributed by atoms with van der Waals surface area (Å²) in [6, 6.07) is 4.87. The van der Waals surface area contributed by atoms with Crippen LogP contribution in [0.4, 0.5) is 0 Å². The van der Waals surface area contributed by atoms with Crippen molar-refractivity contribution in [3.8, 4) is 0 Å². The third kappa shape index (κ3) is 3.09. The van der Waals surface area contributed by atoms with E-state index in [4.69, 9.17) is 27.9 Å². The maximum Gasteiger partial charge on any atom is 0.256 e. The van der Waals surface area contributed by atoms with Gasteiger partial charge in [-0.05, 0) is 30.8 Å². The van der Waals surface area contributed by atoms with Crippen LogP contribution in [0.5, 0.6) is 0 Å². The molecule has 5 nitrogen and oxygen atoms in total. The first-order chi connectivity index (χ1) is 10.5. The minimum Gasteiger partial charge on any atom is -0.378 e. The van der Waals surface area contributed by atoms with E-state index in [-0.39, 0.29) is 18.1 Å². The van der Waals surface area contributed by atoms with E-state index < -0.39 is 6.10 Å². The van der Waals surface area contributed by atoms with Gasteiger partial charge in [0.25, 0.3) is 5.91 Å². The SMILES string of the molecule is CN1CCO[C@@H]2CN(C(=O)[C@@H](O)c3cc(Cl)cc(Cl)c3)C[C@H]21. The number of hydrogen-bond donors (Lipinski definition) is 1. The molecule has 2 saturated heterocycles. The van der Waals surface area contributed by atoms with Crippen molar-refractivity contribution in [2.75, 3.05) is 33.3 Å². The van der Waals surface area contributed by atoms with Crippen molar-refractivity contribution in [2.24, 2.45) is 0 Å². The number of carbonyl (C=O) groups is 1. The van der Waals surface area contributed by atoms with Crippen LogP contribution in [0, 0.1) is 0 Å². The number of likely N-dealkylation sites (N-methyl/N-ethyl adjacent to an activating group) is 1. The zero-order chi connectivity index (χ0) is 15.9. The summed E-state index contributed by atoms with van der Waals surface area (Å²) in [4.78, 5) is 16.4. The second kappa shape index (κ2) is 6.34. The monoisotopic (exact) mass is 344 g/mol. The molecule has 2 fully saturated rings. The molecule has 1 aromatic carbocycles. The second-order valence-electron chi connectivity index (χ2n) is 5.81. The number of nitrogens with zero attached hydrogens (tertiary/aromatic N) is 2. The highest BCUT2D eigenvalue weighted by Crippen LogP contribution is 2.28. The summed E-state index contributed by atoms with van der Waals surface area (Å²) in [5.41, 5.74) is 0.409. The molecule has 120 valence electrons. The Morgan fingerprint density at radius 2 is 2.00 bits per heavy atom. The van der Waals surface area contributed by atoms with Gasteiger partial charge in [0.1, 0.15) is 0 Å². The van der Waals surface area contributed by atoms with Gasteiger partial charge >= 0.3 is 0 Å². The third-order valence-electron chi connectivity index (χ3n) is 4.33. The smallest absolute Gasteiger partial charge is 0.256 e. The molecular weight excluding hydrogens is 327 g/mol. The number of morpholine rings is 1. The van der Waals surface area contributed by atoms with Gasteiger partial charge in [0, 0.05) is 29.7 Å². The van der Waals surface area contributed by atoms with Crippen LogP contribution in [-0.2, 0) is 9.53 Å². The Hall–Kier alpha value is -0.850. The highest BCUT2D eigenvalue weighted by atomic mass is 35.5. The number of ether oxygens (including phenoxy) is 1. The molecule has 0 spiro atoms. The Morgan fingerprint density at radius 3 is 2.64 bits per heavy atom. The number of likely N-dealkylation sites (tertiary alicyclic amines) is 1. The van der Waals surface area contributed by atoms with Crippen LogP contribution in [-0.4, -0.2) is 66.2 Å². The molecule has 2 aliphatic rings. The fourth-order valence-corrected chi connectivity index (χ4v) is 3.63. The van der Waals surface area contributed by atoms with Gasteiger partial charge < -0.3 is 14.7 Å². The molecule has 0 aromatic heterocycles. The first-order valence-corrected chi connectivity index (χ1v) is 7.96. The highest BCUT2D eigenvalue weighted by molar-refractivity contribution is 6.34. The number of aliphatic hydroxyl groups is 1. The van der Waals surface area contributed by atoms with Crippen LogP contribution in [0.2, 0.25) is 10.0 Å². The van der Waals surface area contributed by atoms with E-state index in [0.717, 1.165) is 6.54 Å². The largest absolute Gasteiger partial charge is 0.378 e. The molecule has 0 unspecified atom stereocenters. The number of amides is 1. The molecule has 0 saturated carbocycles. The van der Waals surface area contributed by atoms with E-state index in [1.54, 1.807) is 23.1 Å². The highest BCUT2D eigenvalue weighted by Gasteiger charge is 2.41. The Bertz CT molecular complexity index is 564. The number of halogens is 2. The lowest BCUT2D eigenvalue weighted by molar-refractivity contribution is -0.139. The van der Waals surface area contributed by atoms with Crippen molar-refractivity contribution in [1.82, 2.24) is 9.80 Å². The molecule has 1 amide bonds. The predicted octanol–water partition coefficient (Wildman–Crippen LogP) is 1.57. The van der Waals surface area contributed by atoms with E-state index in [1.165, 1.54) is 0 Å². The van der Waals surface area contributed by atoms with E-state index in [2.05, 4.69) is 4.90 Å². The normalized spacial score (nSPS) is 26.8. The van der Waals surface area contributed by atoms with Crippen molar-refractivity contribution >= 4 is 29.1 Å². The number of fused-ring (bicyclic) bond motifs is 1. The van der Waals surface area contributed by atoms with Crippen LogP contribution in [0.1, 0.15) is 11.7 Å². The minimum absolute atomic E-state index is 0.0119. The van der Waals surface area contributed by atoms with Gasteiger partial charge in [-0.25, -0.2) is 0 Å². The second-order valence-corrected chi connectivity index (χ2v) is 6.68. The van der Waals surface area contributed by atoms with Crippen molar-refractivity contribution < 1.29 is 14.6 Å². The molecule has 2 heterocycles. The van der Waals surface area contributed by atoms with E-state index in [0.29, 0.717) is 35.3 Å². The summed E-state index contributed by atoms with van der Waals surface area (Å²) in [5.74, 6) is -0.343. The van der Waals surface area contributed by atoms with Crippen LogP contribution in [0.3, 0.4) is 0 Å². The Kier molecular flexibility index (Phi) is 4.61. The summed E-state index contributed by atoms with van der Waals surface area (Å²) >= 11 is 11.9. The van der Waals surface area contributed by atoms with Gasteiger partial charge in [0.2, 0.25) is 0 Å². The minimum atomic E-state index is -1.26. The quantitative estimate of drug-likeness (QED) is 0.884. The molecule has 1 N–H and O–H groups in total. The molecule has 3 rings (SSSR count). The van der Waals surface area contributed by atoms with Crippen LogP contribution in [0.25, 0.3) is 0 Å². The summed E-state index contributed by atoms with van der Waals surface area (Å²) in [5, 5.41) is 11.1. The van der Waals surface area contributed by atoms with Gasteiger partial charge in [0.05, 0.1) is 18.8 Å². The van der Waals surface area contributed by atoms with E-state index in [1.807, 2.05) is 7.05 Å². The van der Waals surface area contributed by atoms with Gasteiger partial charge in [-0.15, -0.1) is 0 Å². The lowest BCUT2D eigenvalue weighted by Crippen LogP contribution is -2.48. The number of hydrogen-bond acceptors (Lipinski definition) is 4. The van der Waals surface area contributed by atoms with Crippen molar-refractivity contribution in [2.45, 2.75) is 18.2 Å². The lowest BCUT2D eigenvalue weighted by Gasteiger charge is -2.33. The van der Waals surface area contributed by atoms with Crippen LogP contribution < -0.4 is 0 Å². The number of rotatable bonds is 2. The fourth-order valence-electron chi connectivity index (χ4n) is 3.09. The summed E-state index contributed by atoms with van der Waals surface area (Å²) < 4.78 is 5.72. The van der Waals surface area contributed by atoms with Crippen molar-refractivity contribution in [3.63, 3.8) is 0 Å². The Morgan fingerprint density at radius 1 is 1.32 bits per heavy atom. The standard InChI is InChI=1S/C15H18Cl2N2O3/c1-18-2-3-22-13-8-19(7-12(13)18)15(21)14(20)9-4-10(16)6-11(17)5-9/h4-6,12-14,20H,2-3,7-8H2,1H3/t12-,13-,14+/m1/s1. The van der Waals surface area contributed by atoms with Gasteiger partial charge in [-0.3, -0.25) is 9.69 Å². The molecule has 0 radical (unpaired) electrons. The summed E-state index contributed by atoms with van der Waals surface area (Å²) in [7, 11) is 2.03. The zero-order valence-corrected chi connectivity index (χ0v) is 13.7. The average molecular weight is 345 g/mol. The van der Waals surface area contributed by atoms with Crippen molar-refractivity contribution in [3.05, 3.63) is 33.8 Å². The molecular formula is C15H18Cl2N2O3. The average Bonchev–Trinajstić information content (AvgIpc) is 2.90. The Balaban J connectivity index is 1.74. The first-order valence-electron chi connectivity index (χ1n) is 7.20. The molecule has 2 aliphatic heterocycles. The molecule has 0 bridgehead atoms. The third-order valence-corrected chi connectivity index (χ3v) is 4.76.